The van der Waals surface area contributed by atoms with Gasteiger partial charge in [0.05, 0.1) is 17.0 Å². The number of fused-ring (bicyclic) bond motifs is 1. The summed E-state index contributed by atoms with van der Waals surface area (Å²) in [5, 5.41) is 3.85. The Balaban J connectivity index is 1.91. The summed E-state index contributed by atoms with van der Waals surface area (Å²) < 4.78 is 32.0. The highest BCUT2D eigenvalue weighted by atomic mass is 32.2. The molecule has 2 aromatic rings. The third-order valence-corrected chi connectivity index (χ3v) is 6.20. The first kappa shape index (κ1) is 16.7. The smallest absolute Gasteiger partial charge is 0.243 e. The zero-order valence-corrected chi connectivity index (χ0v) is 14.8. The molecule has 1 aliphatic rings. The van der Waals surface area contributed by atoms with Crippen LogP contribution >= 0.6 is 0 Å². The SMILES string of the molecule is Cc1noc(C)c1CN(C)S(=O)(=O)c1ccc2c(c1)CC(=O)N2C. The molecule has 7 nitrogen and oxygen atoms in total. The predicted octanol–water partition coefficient (Wildman–Crippen LogP) is 1.63. The standard InChI is InChI=1S/C16H19N3O4S/c1-10-14(11(2)23-17-10)9-18(3)24(21,22)13-5-6-15-12(7-13)8-16(20)19(15)4/h5-7H,8-9H2,1-4H3. The Hall–Kier alpha value is -2.19. The van der Waals surface area contributed by atoms with Crippen LogP contribution in [0.15, 0.2) is 27.6 Å². The molecule has 3 rings (SSSR count). The van der Waals surface area contributed by atoms with E-state index in [0.29, 0.717) is 11.5 Å². The van der Waals surface area contributed by atoms with Gasteiger partial charge in [-0.25, -0.2) is 8.42 Å². The van der Waals surface area contributed by atoms with Crippen molar-refractivity contribution < 1.29 is 17.7 Å². The topological polar surface area (TPSA) is 83.7 Å². The van der Waals surface area contributed by atoms with Gasteiger partial charge >= 0.3 is 0 Å². The molecule has 0 bridgehead atoms. The molecule has 2 heterocycles. The number of hydrogen-bond donors (Lipinski definition) is 0. The molecule has 1 aliphatic heterocycles. The monoisotopic (exact) mass is 349 g/mol. The van der Waals surface area contributed by atoms with Crippen molar-refractivity contribution in [3.63, 3.8) is 0 Å². The van der Waals surface area contributed by atoms with E-state index in [4.69, 9.17) is 4.52 Å². The van der Waals surface area contributed by atoms with Crippen LogP contribution in [-0.4, -0.2) is 37.9 Å². The second-order valence-electron chi connectivity index (χ2n) is 5.98. The van der Waals surface area contributed by atoms with Gasteiger partial charge in [0.1, 0.15) is 5.76 Å². The summed E-state index contributed by atoms with van der Waals surface area (Å²) >= 11 is 0. The molecule has 24 heavy (non-hydrogen) atoms. The van der Waals surface area contributed by atoms with Gasteiger partial charge in [-0.2, -0.15) is 4.31 Å². The molecule has 0 fully saturated rings. The van der Waals surface area contributed by atoms with Crippen LogP contribution in [-0.2, 0) is 27.8 Å². The van der Waals surface area contributed by atoms with Crippen LogP contribution in [0.25, 0.3) is 0 Å². The normalized spacial score (nSPS) is 14.5. The Morgan fingerprint density at radius 2 is 2.04 bits per heavy atom. The van der Waals surface area contributed by atoms with E-state index in [1.807, 2.05) is 0 Å². The van der Waals surface area contributed by atoms with E-state index in [9.17, 15) is 13.2 Å². The number of likely N-dealkylation sites (N-methyl/N-ethyl adjacent to an activating group) is 1. The molecule has 0 atom stereocenters. The molecule has 0 radical (unpaired) electrons. The van der Waals surface area contributed by atoms with Gasteiger partial charge in [0.2, 0.25) is 15.9 Å². The van der Waals surface area contributed by atoms with Crippen molar-refractivity contribution >= 4 is 21.6 Å². The van der Waals surface area contributed by atoms with E-state index in [-0.39, 0.29) is 23.8 Å². The summed E-state index contributed by atoms with van der Waals surface area (Å²) in [5.74, 6) is 0.569. The number of rotatable bonds is 4. The van der Waals surface area contributed by atoms with Gasteiger partial charge in [-0.1, -0.05) is 5.16 Å². The number of aromatic nitrogens is 1. The zero-order chi connectivity index (χ0) is 17.6. The van der Waals surface area contributed by atoms with Crippen LogP contribution in [0.4, 0.5) is 5.69 Å². The zero-order valence-electron chi connectivity index (χ0n) is 14.0. The Morgan fingerprint density at radius 1 is 1.33 bits per heavy atom. The maximum atomic E-state index is 12.8. The number of aryl methyl sites for hydroxylation is 2. The van der Waals surface area contributed by atoms with Gasteiger partial charge in [0, 0.05) is 31.9 Å². The Kier molecular flexibility index (Phi) is 3.97. The maximum absolute atomic E-state index is 12.8. The quantitative estimate of drug-likeness (QED) is 0.838. The third kappa shape index (κ3) is 2.61. The fourth-order valence-corrected chi connectivity index (χ4v) is 4.01. The fraction of sp³-hybridized carbons (Fsp3) is 0.375. The number of sulfonamides is 1. The highest BCUT2D eigenvalue weighted by Crippen LogP contribution is 2.31. The minimum atomic E-state index is -3.67. The minimum absolute atomic E-state index is 0.0383. The molecular formula is C16H19N3O4S. The summed E-state index contributed by atoms with van der Waals surface area (Å²) in [6, 6.07) is 4.79. The molecule has 0 unspecified atom stereocenters. The first-order chi connectivity index (χ1) is 11.2. The lowest BCUT2D eigenvalue weighted by molar-refractivity contribution is -0.117. The summed E-state index contributed by atoms with van der Waals surface area (Å²) in [7, 11) is -0.465. The number of hydrogen-bond acceptors (Lipinski definition) is 5. The van der Waals surface area contributed by atoms with Crippen molar-refractivity contribution in [3.8, 4) is 0 Å². The van der Waals surface area contributed by atoms with E-state index >= 15 is 0 Å². The highest BCUT2D eigenvalue weighted by molar-refractivity contribution is 7.89. The Morgan fingerprint density at radius 3 is 2.67 bits per heavy atom. The molecule has 1 aromatic heterocycles. The van der Waals surface area contributed by atoms with Crippen molar-refractivity contribution in [1.29, 1.82) is 0 Å². The second kappa shape index (κ2) is 5.71. The third-order valence-electron chi connectivity index (χ3n) is 4.40. The molecule has 0 saturated heterocycles. The lowest BCUT2D eigenvalue weighted by atomic mass is 10.2. The number of amides is 1. The first-order valence-electron chi connectivity index (χ1n) is 7.49. The highest BCUT2D eigenvalue weighted by Gasteiger charge is 2.28. The minimum Gasteiger partial charge on any atom is -0.361 e. The summed E-state index contributed by atoms with van der Waals surface area (Å²) in [4.78, 5) is 13.5. The van der Waals surface area contributed by atoms with Crippen LogP contribution in [0.3, 0.4) is 0 Å². The molecule has 0 saturated carbocycles. The molecule has 0 spiro atoms. The molecule has 1 amide bonds. The number of anilines is 1. The number of nitrogens with zero attached hydrogens (tertiary/aromatic N) is 3. The van der Waals surface area contributed by atoms with E-state index in [1.54, 1.807) is 37.9 Å². The Bertz CT molecular complexity index is 898. The van der Waals surface area contributed by atoms with E-state index in [1.165, 1.54) is 17.4 Å². The van der Waals surface area contributed by atoms with Crippen molar-refractivity contribution in [2.75, 3.05) is 19.0 Å². The summed E-state index contributed by atoms with van der Waals surface area (Å²) in [5.41, 5.74) is 2.93. The van der Waals surface area contributed by atoms with E-state index in [2.05, 4.69) is 5.16 Å². The number of benzene rings is 1. The van der Waals surface area contributed by atoms with E-state index < -0.39 is 10.0 Å². The van der Waals surface area contributed by atoms with Gasteiger partial charge in [0.15, 0.2) is 0 Å². The van der Waals surface area contributed by atoms with Crippen molar-refractivity contribution in [2.45, 2.75) is 31.7 Å². The number of carbonyl (C=O) groups is 1. The summed E-state index contributed by atoms with van der Waals surface area (Å²) in [6.45, 7) is 3.72. The van der Waals surface area contributed by atoms with Crippen LogP contribution in [0.1, 0.15) is 22.6 Å². The van der Waals surface area contributed by atoms with Crippen LogP contribution in [0, 0.1) is 13.8 Å². The lowest BCUT2D eigenvalue weighted by Gasteiger charge is -2.18. The van der Waals surface area contributed by atoms with Gasteiger partial charge in [0.25, 0.3) is 0 Å². The lowest BCUT2D eigenvalue weighted by Crippen LogP contribution is -2.27. The molecule has 0 N–H and O–H groups in total. The average Bonchev–Trinajstić information content (AvgIpc) is 3.00. The van der Waals surface area contributed by atoms with Crippen molar-refractivity contribution in [1.82, 2.24) is 9.46 Å². The van der Waals surface area contributed by atoms with Crippen LogP contribution < -0.4 is 4.90 Å². The van der Waals surface area contributed by atoms with Gasteiger partial charge < -0.3 is 9.42 Å². The van der Waals surface area contributed by atoms with Gasteiger partial charge in [-0.05, 0) is 37.6 Å². The van der Waals surface area contributed by atoms with E-state index in [0.717, 1.165) is 16.8 Å². The molecule has 1 aromatic carbocycles. The molecular weight excluding hydrogens is 330 g/mol. The van der Waals surface area contributed by atoms with Crippen molar-refractivity contribution in [2.24, 2.45) is 0 Å². The molecule has 128 valence electrons. The fourth-order valence-electron chi connectivity index (χ4n) is 2.82. The number of carbonyl (C=O) groups excluding carboxylic acids is 1. The largest absolute Gasteiger partial charge is 0.361 e. The Labute approximate surface area is 140 Å². The average molecular weight is 349 g/mol. The van der Waals surface area contributed by atoms with Crippen molar-refractivity contribution in [3.05, 3.63) is 40.8 Å². The maximum Gasteiger partial charge on any atom is 0.243 e. The predicted molar refractivity (Wildman–Crippen MR) is 88.2 cm³/mol. The molecule has 8 heteroatoms. The summed E-state index contributed by atoms with van der Waals surface area (Å²) in [6.07, 6.45) is 0.225. The first-order valence-corrected chi connectivity index (χ1v) is 8.93. The van der Waals surface area contributed by atoms with Crippen LogP contribution in [0.2, 0.25) is 0 Å². The molecule has 0 aliphatic carbocycles. The second-order valence-corrected chi connectivity index (χ2v) is 8.03. The van der Waals surface area contributed by atoms with Gasteiger partial charge in [-0.15, -0.1) is 0 Å². The van der Waals surface area contributed by atoms with Crippen LogP contribution in [0.5, 0.6) is 0 Å². The van der Waals surface area contributed by atoms with Gasteiger partial charge in [-0.3, -0.25) is 4.79 Å².